The van der Waals surface area contributed by atoms with Crippen molar-refractivity contribution in [2.45, 2.75) is 5.03 Å². The Labute approximate surface area is 75.0 Å². The highest BCUT2D eigenvalue weighted by molar-refractivity contribution is 7.98. The van der Waals surface area contributed by atoms with Gasteiger partial charge >= 0.3 is 5.65 Å². The lowest BCUT2D eigenvalue weighted by molar-refractivity contribution is -0.644. The molecule has 0 saturated carbocycles. The molecule has 0 atom stereocenters. The summed E-state index contributed by atoms with van der Waals surface area (Å²) < 4.78 is 3.92. The van der Waals surface area contributed by atoms with Gasteiger partial charge in [-0.15, -0.1) is 16.3 Å². The molecule has 0 aliphatic carbocycles. The third-order valence-corrected chi connectivity index (χ3v) is 2.45. The van der Waals surface area contributed by atoms with Crippen molar-refractivity contribution in [2.75, 3.05) is 6.26 Å². The molecule has 2 aromatic heterocycles. The minimum atomic E-state index is 1.04. The smallest absolute Gasteiger partial charge is 0.231 e. The molecule has 0 amide bonds. The summed E-state index contributed by atoms with van der Waals surface area (Å²) in [5.41, 5.74) is 1.10. The number of thioether (sulfide) groups is 1. The average Bonchev–Trinajstić information content (AvgIpc) is 2.47. The predicted octanol–water partition coefficient (Wildman–Crippen LogP) is 0.881. The van der Waals surface area contributed by atoms with Gasteiger partial charge in [-0.2, -0.15) is 0 Å². The molecular formula is C8H10N3S+. The number of aromatic nitrogens is 3. The van der Waals surface area contributed by atoms with Crippen LogP contribution in [-0.2, 0) is 7.05 Å². The molecule has 0 N–H and O–H groups in total. The van der Waals surface area contributed by atoms with E-state index in [1.165, 1.54) is 0 Å². The molecule has 0 aromatic carbocycles. The van der Waals surface area contributed by atoms with Gasteiger partial charge in [-0.05, 0) is 12.3 Å². The van der Waals surface area contributed by atoms with Crippen LogP contribution in [0.5, 0.6) is 0 Å². The average molecular weight is 180 g/mol. The second-order valence-corrected chi connectivity index (χ2v) is 3.41. The Morgan fingerprint density at radius 1 is 1.50 bits per heavy atom. The van der Waals surface area contributed by atoms with Crippen LogP contribution in [0, 0.1) is 0 Å². The first-order valence-corrected chi connectivity index (χ1v) is 4.92. The van der Waals surface area contributed by atoms with E-state index < -0.39 is 0 Å². The van der Waals surface area contributed by atoms with E-state index >= 15 is 0 Å². The molecule has 0 radical (unpaired) electrons. The number of imidazole rings is 1. The minimum absolute atomic E-state index is 1.04. The number of rotatable bonds is 1. The van der Waals surface area contributed by atoms with Crippen LogP contribution in [0.1, 0.15) is 0 Å². The van der Waals surface area contributed by atoms with Crippen molar-refractivity contribution in [1.29, 1.82) is 0 Å². The Morgan fingerprint density at radius 2 is 2.33 bits per heavy atom. The topological polar surface area (TPSA) is 21.2 Å². The number of aryl methyl sites for hydroxylation is 1. The van der Waals surface area contributed by atoms with Gasteiger partial charge in [0.05, 0.1) is 7.05 Å². The van der Waals surface area contributed by atoms with Crippen LogP contribution in [0.25, 0.3) is 5.65 Å². The number of nitrogens with zero attached hydrogens (tertiary/aromatic N) is 3. The fourth-order valence-corrected chi connectivity index (χ4v) is 1.52. The number of hydrogen-bond acceptors (Lipinski definition) is 2. The van der Waals surface area contributed by atoms with Crippen LogP contribution < -0.4 is 4.57 Å². The molecule has 0 aliphatic heterocycles. The zero-order valence-electron chi connectivity index (χ0n) is 7.06. The number of hydrogen-bond donors (Lipinski definition) is 0. The van der Waals surface area contributed by atoms with Gasteiger partial charge in [0, 0.05) is 6.07 Å². The van der Waals surface area contributed by atoms with Crippen molar-refractivity contribution >= 4 is 17.4 Å². The van der Waals surface area contributed by atoms with Crippen molar-refractivity contribution < 1.29 is 4.57 Å². The molecule has 4 heteroatoms. The SMILES string of the molecule is CSc1ccc2n(cc[n+]2C)n1. The molecule has 0 aliphatic rings. The van der Waals surface area contributed by atoms with Gasteiger partial charge in [-0.3, -0.25) is 0 Å². The second-order valence-electron chi connectivity index (χ2n) is 2.59. The monoisotopic (exact) mass is 180 g/mol. The van der Waals surface area contributed by atoms with E-state index in [2.05, 4.69) is 11.2 Å². The molecule has 2 heterocycles. The van der Waals surface area contributed by atoms with E-state index in [1.807, 2.05) is 40.8 Å². The fraction of sp³-hybridized carbons (Fsp3) is 0.250. The Bertz CT molecular complexity index is 408. The van der Waals surface area contributed by atoms with Crippen molar-refractivity contribution in [3.05, 3.63) is 24.5 Å². The van der Waals surface area contributed by atoms with E-state index in [-0.39, 0.29) is 0 Å². The van der Waals surface area contributed by atoms with Crippen molar-refractivity contribution in [1.82, 2.24) is 9.61 Å². The third kappa shape index (κ3) is 1.08. The maximum Gasteiger partial charge on any atom is 0.306 e. The highest BCUT2D eigenvalue weighted by Gasteiger charge is 2.06. The summed E-state index contributed by atoms with van der Waals surface area (Å²) in [7, 11) is 2.01. The summed E-state index contributed by atoms with van der Waals surface area (Å²) in [4.78, 5) is 0. The molecule has 3 nitrogen and oxygen atoms in total. The van der Waals surface area contributed by atoms with Gasteiger partial charge < -0.3 is 0 Å². The lowest BCUT2D eigenvalue weighted by Crippen LogP contribution is -2.25. The molecular weight excluding hydrogens is 170 g/mol. The molecule has 0 saturated heterocycles. The summed E-state index contributed by atoms with van der Waals surface area (Å²) in [6, 6.07) is 4.10. The first-order valence-electron chi connectivity index (χ1n) is 3.69. The maximum atomic E-state index is 4.37. The predicted molar refractivity (Wildman–Crippen MR) is 48.1 cm³/mol. The molecule has 62 valence electrons. The Kier molecular flexibility index (Phi) is 1.77. The Morgan fingerprint density at radius 3 is 3.08 bits per heavy atom. The normalized spacial score (nSPS) is 10.8. The van der Waals surface area contributed by atoms with E-state index in [9.17, 15) is 0 Å². The molecule has 0 spiro atoms. The quantitative estimate of drug-likeness (QED) is 0.480. The highest BCUT2D eigenvalue weighted by Crippen LogP contribution is 2.09. The summed E-state index contributed by atoms with van der Waals surface area (Å²) >= 11 is 1.65. The van der Waals surface area contributed by atoms with Gasteiger partial charge in [-0.1, -0.05) is 5.10 Å². The molecule has 12 heavy (non-hydrogen) atoms. The maximum absolute atomic E-state index is 4.37. The Hall–Kier alpha value is -1.03. The van der Waals surface area contributed by atoms with E-state index in [0.29, 0.717) is 0 Å². The third-order valence-electron chi connectivity index (χ3n) is 1.82. The minimum Gasteiger partial charge on any atom is -0.231 e. The van der Waals surface area contributed by atoms with Gasteiger partial charge in [0.15, 0.2) is 6.20 Å². The first-order chi connectivity index (χ1) is 5.81. The summed E-state index contributed by atoms with van der Waals surface area (Å²) in [6.45, 7) is 0. The highest BCUT2D eigenvalue weighted by atomic mass is 32.2. The zero-order valence-corrected chi connectivity index (χ0v) is 7.88. The standard InChI is InChI=1S/C8H10N3S/c1-10-5-6-11-8(10)4-3-7(9-11)12-2/h3-6H,1-2H3/q+1. The summed E-state index contributed by atoms with van der Waals surface area (Å²) in [5.74, 6) is 0. The fourth-order valence-electron chi connectivity index (χ4n) is 1.15. The van der Waals surface area contributed by atoms with Crippen LogP contribution in [0.4, 0.5) is 0 Å². The summed E-state index contributed by atoms with van der Waals surface area (Å²) in [6.07, 6.45) is 5.97. The van der Waals surface area contributed by atoms with Crippen LogP contribution in [0.15, 0.2) is 29.6 Å². The lowest BCUT2D eigenvalue weighted by atomic mass is 10.5. The van der Waals surface area contributed by atoms with Gasteiger partial charge in [0.25, 0.3) is 0 Å². The molecule has 2 rings (SSSR count). The van der Waals surface area contributed by atoms with Crippen LogP contribution in [-0.4, -0.2) is 15.9 Å². The van der Waals surface area contributed by atoms with Crippen molar-refractivity contribution in [2.24, 2.45) is 7.05 Å². The molecule has 0 bridgehead atoms. The van der Waals surface area contributed by atoms with Crippen molar-refractivity contribution in [3.8, 4) is 0 Å². The summed E-state index contributed by atoms with van der Waals surface area (Å²) in [5, 5.41) is 5.41. The number of fused-ring (bicyclic) bond motifs is 1. The second kappa shape index (κ2) is 2.79. The Balaban J connectivity index is 2.69. The molecule has 0 fully saturated rings. The van der Waals surface area contributed by atoms with Gasteiger partial charge in [-0.25, -0.2) is 4.57 Å². The van der Waals surface area contributed by atoms with Crippen molar-refractivity contribution in [3.63, 3.8) is 0 Å². The largest absolute Gasteiger partial charge is 0.306 e. The van der Waals surface area contributed by atoms with Gasteiger partial charge in [0.2, 0.25) is 0 Å². The van der Waals surface area contributed by atoms with E-state index in [4.69, 9.17) is 0 Å². The van der Waals surface area contributed by atoms with Crippen LogP contribution in [0.3, 0.4) is 0 Å². The molecule has 2 aromatic rings. The lowest BCUT2D eigenvalue weighted by Gasteiger charge is -1.90. The molecule has 0 unspecified atom stereocenters. The van der Waals surface area contributed by atoms with Crippen LogP contribution >= 0.6 is 11.8 Å². The first kappa shape index (κ1) is 7.61. The van der Waals surface area contributed by atoms with E-state index in [1.54, 1.807) is 11.8 Å². The zero-order chi connectivity index (χ0) is 8.55. The van der Waals surface area contributed by atoms with E-state index in [0.717, 1.165) is 10.7 Å². The van der Waals surface area contributed by atoms with Crippen LogP contribution in [0.2, 0.25) is 0 Å². The van der Waals surface area contributed by atoms with Gasteiger partial charge in [0.1, 0.15) is 11.2 Å².